The van der Waals surface area contributed by atoms with Crippen LogP contribution in [0.1, 0.15) is 42.7 Å². The molecule has 16 heteroatoms. The molecule has 0 aliphatic carbocycles. The minimum atomic E-state index is -5.08. The van der Waals surface area contributed by atoms with Crippen molar-refractivity contribution in [3.8, 4) is 5.75 Å². The lowest BCUT2D eigenvalue weighted by Crippen LogP contribution is -2.54. The van der Waals surface area contributed by atoms with Gasteiger partial charge in [0.25, 0.3) is 0 Å². The summed E-state index contributed by atoms with van der Waals surface area (Å²) < 4.78 is 67.1. The molecule has 0 aliphatic rings. The molecule has 0 saturated carbocycles. The second kappa shape index (κ2) is 17.3. The van der Waals surface area contributed by atoms with Gasteiger partial charge >= 0.3 is 12.1 Å². The maximum absolute atomic E-state index is 13.4. The Morgan fingerprint density at radius 3 is 2.24 bits per heavy atom. The molecule has 0 fully saturated rings. The van der Waals surface area contributed by atoms with Gasteiger partial charge in [-0.05, 0) is 70.5 Å². The number of hydrogen-bond donors (Lipinski definition) is 4. The quantitative estimate of drug-likeness (QED) is 0.110. The monoisotopic (exact) mass is 756 g/mol. The lowest BCUT2D eigenvalue weighted by Gasteiger charge is -2.25. The van der Waals surface area contributed by atoms with E-state index in [1.165, 1.54) is 37.1 Å². The van der Waals surface area contributed by atoms with E-state index in [9.17, 15) is 26.4 Å². The van der Waals surface area contributed by atoms with Crippen molar-refractivity contribution in [1.82, 2.24) is 20.3 Å². The van der Waals surface area contributed by atoms with Crippen LogP contribution in [0.5, 0.6) is 5.75 Å². The number of fused-ring (bicyclic) bond motifs is 1. The number of para-hydroxylation sites is 1. The third kappa shape index (κ3) is 11.6. The number of benzene rings is 3. The van der Waals surface area contributed by atoms with Crippen LogP contribution >= 0.6 is 23.2 Å². The normalized spacial score (nSPS) is 11.9. The molecular weight excluding hydrogens is 720 g/mol. The van der Waals surface area contributed by atoms with Gasteiger partial charge in [-0.25, -0.2) is 18.2 Å². The number of carbonyl (C=O) groups excluding carboxylic acids is 1. The first-order valence-corrected chi connectivity index (χ1v) is 17.4. The zero-order valence-corrected chi connectivity index (χ0v) is 29.9. The first kappa shape index (κ1) is 40.5. The first-order valence-electron chi connectivity index (χ1n) is 15.2. The van der Waals surface area contributed by atoms with E-state index < -0.39 is 33.6 Å². The van der Waals surface area contributed by atoms with Crippen molar-refractivity contribution in [2.75, 3.05) is 13.1 Å². The highest BCUT2D eigenvalue weighted by molar-refractivity contribution is 7.89. The van der Waals surface area contributed by atoms with Crippen LogP contribution in [0.3, 0.4) is 0 Å². The number of carbonyl (C=O) groups is 2. The third-order valence-electron chi connectivity index (χ3n) is 7.10. The van der Waals surface area contributed by atoms with Crippen LogP contribution < -0.4 is 20.1 Å². The predicted octanol–water partition coefficient (Wildman–Crippen LogP) is 6.72. The Kier molecular flexibility index (Phi) is 14.0. The first-order chi connectivity index (χ1) is 23.3. The van der Waals surface area contributed by atoms with Crippen molar-refractivity contribution in [2.45, 2.75) is 63.9 Å². The number of amides is 1. The second-order valence-corrected chi connectivity index (χ2v) is 14.1. The fourth-order valence-corrected chi connectivity index (χ4v) is 6.68. The Morgan fingerprint density at radius 1 is 0.940 bits per heavy atom. The molecule has 0 bridgehead atoms. The summed E-state index contributed by atoms with van der Waals surface area (Å²) in [5.74, 6) is -2.70. The third-order valence-corrected chi connectivity index (χ3v) is 9.70. The van der Waals surface area contributed by atoms with Gasteiger partial charge in [0.1, 0.15) is 28.3 Å². The number of aromatic nitrogens is 1. The Bertz CT molecular complexity index is 1930. The van der Waals surface area contributed by atoms with E-state index in [1.54, 1.807) is 6.07 Å². The van der Waals surface area contributed by atoms with Gasteiger partial charge in [-0.2, -0.15) is 17.9 Å². The summed E-state index contributed by atoms with van der Waals surface area (Å²) in [5.41, 5.74) is 2.76. The Labute approximate surface area is 298 Å². The van der Waals surface area contributed by atoms with Crippen LogP contribution in [-0.4, -0.2) is 55.2 Å². The predicted molar refractivity (Wildman–Crippen MR) is 186 cm³/mol. The Balaban J connectivity index is 0.000000872. The molecule has 0 aliphatic heterocycles. The zero-order chi connectivity index (χ0) is 37.3. The molecule has 270 valence electrons. The second-order valence-electron chi connectivity index (χ2n) is 11.7. The summed E-state index contributed by atoms with van der Waals surface area (Å²) in [7, 11) is -4.21. The zero-order valence-electron chi connectivity index (χ0n) is 27.6. The molecule has 4 aromatic rings. The molecule has 1 aromatic heterocycles. The molecule has 0 saturated heterocycles. The van der Waals surface area contributed by atoms with E-state index in [2.05, 4.69) is 44.6 Å². The number of aryl methyl sites for hydroxylation is 2. The van der Waals surface area contributed by atoms with E-state index >= 15 is 0 Å². The van der Waals surface area contributed by atoms with Crippen LogP contribution in [-0.2, 0) is 32.8 Å². The van der Waals surface area contributed by atoms with Crippen molar-refractivity contribution in [3.05, 3.63) is 99.2 Å². The topological polar surface area (TPSA) is 147 Å². The van der Waals surface area contributed by atoms with Gasteiger partial charge in [0.05, 0.1) is 5.02 Å². The molecule has 1 amide bonds. The maximum Gasteiger partial charge on any atom is 0.490 e. The van der Waals surface area contributed by atoms with Crippen molar-refractivity contribution in [3.63, 3.8) is 0 Å². The lowest BCUT2D eigenvalue weighted by atomic mass is 10.1. The minimum absolute atomic E-state index is 0.0831. The van der Waals surface area contributed by atoms with E-state index in [4.69, 9.17) is 37.8 Å². The number of rotatable bonds is 13. The van der Waals surface area contributed by atoms with E-state index in [0.717, 1.165) is 17.6 Å². The maximum atomic E-state index is 13.4. The van der Waals surface area contributed by atoms with Gasteiger partial charge in [-0.15, -0.1) is 0 Å². The molecular formula is C34H37Cl2F3N4O6S. The van der Waals surface area contributed by atoms with E-state index in [1.807, 2.05) is 38.1 Å². The molecule has 4 N–H and O–H groups in total. The number of pyridine rings is 1. The van der Waals surface area contributed by atoms with Crippen LogP contribution in [0.25, 0.3) is 10.9 Å². The van der Waals surface area contributed by atoms with Crippen molar-refractivity contribution in [2.24, 2.45) is 0 Å². The van der Waals surface area contributed by atoms with E-state index in [-0.39, 0.29) is 21.5 Å². The summed E-state index contributed by atoms with van der Waals surface area (Å²) in [4.78, 5) is 26.2. The molecule has 10 nitrogen and oxygen atoms in total. The summed E-state index contributed by atoms with van der Waals surface area (Å²) in [5, 5.41) is 14.3. The average molecular weight is 758 g/mol. The highest BCUT2D eigenvalue weighted by Crippen LogP contribution is 2.33. The molecule has 3 aromatic carbocycles. The number of nitrogens with zero attached hydrogens (tertiary/aromatic N) is 1. The van der Waals surface area contributed by atoms with Crippen LogP contribution in [0.15, 0.2) is 71.6 Å². The minimum Gasteiger partial charge on any atom is -0.487 e. The number of carboxylic acids is 1. The number of sulfonamides is 1. The summed E-state index contributed by atoms with van der Waals surface area (Å²) in [6.07, 6.45) is -4.40. The van der Waals surface area contributed by atoms with Gasteiger partial charge in [0.2, 0.25) is 15.9 Å². The van der Waals surface area contributed by atoms with Gasteiger partial charge in [-0.3, -0.25) is 4.79 Å². The molecule has 1 heterocycles. The number of nitrogens with one attached hydrogen (secondary N) is 3. The van der Waals surface area contributed by atoms with Crippen LogP contribution in [0, 0.1) is 13.8 Å². The molecule has 50 heavy (non-hydrogen) atoms. The van der Waals surface area contributed by atoms with Crippen LogP contribution in [0.2, 0.25) is 10.0 Å². The van der Waals surface area contributed by atoms with Crippen molar-refractivity contribution < 1.29 is 41.0 Å². The lowest BCUT2D eigenvalue weighted by molar-refractivity contribution is -0.192. The largest absolute Gasteiger partial charge is 0.490 e. The number of aliphatic carboxylic acids is 1. The smallest absolute Gasteiger partial charge is 0.487 e. The summed E-state index contributed by atoms with van der Waals surface area (Å²) in [6.45, 7) is 8.65. The van der Waals surface area contributed by atoms with Crippen molar-refractivity contribution in [1.29, 1.82) is 0 Å². The van der Waals surface area contributed by atoms with Gasteiger partial charge in [0, 0.05) is 34.8 Å². The number of ether oxygens (including phenoxy) is 1. The fraction of sp³-hybridized carbons (Fsp3) is 0.324. The molecule has 4 rings (SSSR count). The average Bonchev–Trinajstić information content (AvgIpc) is 3.02. The van der Waals surface area contributed by atoms with Gasteiger partial charge in [-0.1, -0.05) is 71.2 Å². The highest BCUT2D eigenvalue weighted by atomic mass is 35.5. The molecule has 0 spiro atoms. The summed E-state index contributed by atoms with van der Waals surface area (Å²) >= 11 is 13.0. The SMILES string of the molecule is Cc1ccc(CNCCCNC(=O)C(C)(C)NS(=O)(=O)c2ccc(Cl)c(COc3cccc4ccc(C)nc34)c2Cl)cc1.O=C(O)C(F)(F)F. The summed E-state index contributed by atoms with van der Waals surface area (Å²) in [6, 6.07) is 20.4. The number of alkyl halides is 3. The fourth-order valence-electron chi connectivity index (χ4n) is 4.41. The highest BCUT2D eigenvalue weighted by Gasteiger charge is 2.38. The molecule has 0 radical (unpaired) electrons. The van der Waals surface area contributed by atoms with E-state index in [0.29, 0.717) is 36.3 Å². The number of hydrogen-bond acceptors (Lipinski definition) is 7. The van der Waals surface area contributed by atoms with Gasteiger partial charge < -0.3 is 20.5 Å². The van der Waals surface area contributed by atoms with Crippen LogP contribution in [0.4, 0.5) is 13.2 Å². The standard InChI is InChI=1S/C32H36Cl2N4O4S.C2HF3O2/c1-21-9-12-23(13-10-21)19-35-17-6-18-36-31(39)32(3,4)38-43(40,41)28-16-15-26(33)25(29(28)34)20-42-27-8-5-7-24-14-11-22(2)37-30(24)27;3-2(4,5)1(6)7/h5,7-16,35,38H,6,17-20H2,1-4H3,(H,36,39);(H,6,7). The number of halogens is 5. The molecule has 0 unspecified atom stereocenters. The Morgan fingerprint density at radius 2 is 1.60 bits per heavy atom. The number of carboxylic acid groups (broad SMARTS) is 1. The van der Waals surface area contributed by atoms with Gasteiger partial charge in [0.15, 0.2) is 0 Å². The molecule has 0 atom stereocenters. The van der Waals surface area contributed by atoms with Crippen molar-refractivity contribution >= 4 is 56.0 Å². The Hall–Kier alpha value is -3.95.